The Balaban J connectivity index is 2.18. The lowest BCUT2D eigenvalue weighted by Crippen LogP contribution is -2.10. The number of ether oxygens (including phenoxy) is 1. The van der Waals surface area contributed by atoms with E-state index < -0.39 is 0 Å². The van der Waals surface area contributed by atoms with Crippen molar-refractivity contribution in [2.75, 3.05) is 6.61 Å². The molecule has 0 bridgehead atoms. The molecule has 0 aromatic heterocycles. The normalized spacial score (nSPS) is 24.5. The molecule has 0 saturated carbocycles. The van der Waals surface area contributed by atoms with E-state index in [2.05, 4.69) is 36.0 Å². The summed E-state index contributed by atoms with van der Waals surface area (Å²) in [7, 11) is 0. The van der Waals surface area contributed by atoms with Gasteiger partial charge in [-0.1, -0.05) is 36.7 Å². The van der Waals surface area contributed by atoms with Gasteiger partial charge in [-0.25, -0.2) is 9.98 Å². The van der Waals surface area contributed by atoms with Crippen molar-refractivity contribution in [3.8, 4) is 0 Å². The van der Waals surface area contributed by atoms with E-state index in [-0.39, 0.29) is 6.10 Å². The van der Waals surface area contributed by atoms with Crippen LogP contribution in [0.5, 0.6) is 0 Å². The minimum atomic E-state index is 0.106. The highest BCUT2D eigenvalue weighted by Crippen LogP contribution is 2.23. The zero-order valence-electron chi connectivity index (χ0n) is 13.4. The van der Waals surface area contributed by atoms with Crippen LogP contribution in [0.3, 0.4) is 0 Å². The van der Waals surface area contributed by atoms with Crippen molar-refractivity contribution in [3.63, 3.8) is 0 Å². The first kappa shape index (κ1) is 16.9. The van der Waals surface area contributed by atoms with Crippen LogP contribution in [0.25, 0.3) is 0 Å². The Bertz CT molecular complexity index is 575. The molecular weight excluding hydrogens is 296 g/mol. The Morgan fingerprint density at radius 3 is 2.77 bits per heavy atom. The second-order valence-electron chi connectivity index (χ2n) is 5.48. The summed E-state index contributed by atoms with van der Waals surface area (Å²) in [6.07, 6.45) is 5.75. The molecular formula is C18H23ClN2O. The van der Waals surface area contributed by atoms with E-state index in [4.69, 9.17) is 16.3 Å². The van der Waals surface area contributed by atoms with Gasteiger partial charge in [-0.2, -0.15) is 0 Å². The van der Waals surface area contributed by atoms with Gasteiger partial charge >= 0.3 is 0 Å². The molecule has 2 atom stereocenters. The lowest BCUT2D eigenvalue weighted by atomic mass is 10.0. The number of nitrogens with zero attached hydrogens (tertiary/aromatic N) is 2. The maximum Gasteiger partial charge on any atom is 0.131 e. The van der Waals surface area contributed by atoms with Crippen molar-refractivity contribution >= 4 is 29.3 Å². The lowest BCUT2D eigenvalue weighted by Gasteiger charge is -2.13. The fourth-order valence-electron chi connectivity index (χ4n) is 2.35. The molecule has 0 amide bonds. The van der Waals surface area contributed by atoms with Gasteiger partial charge in [-0.3, -0.25) is 0 Å². The molecule has 2 rings (SSSR count). The standard InChI is InChI=1S/C18H23ClN2O/c1-4-22-14(3)15-8-10-17(11-9-15)21-18-13(2)6-5-7-16(19)12-20-18/h7-14H,4-6H2,1-3H3/b16-7+,20-12?,21-18?. The Morgan fingerprint density at radius 2 is 2.09 bits per heavy atom. The van der Waals surface area contributed by atoms with Crippen LogP contribution in [0, 0.1) is 5.92 Å². The van der Waals surface area contributed by atoms with Crippen molar-refractivity contribution in [1.82, 2.24) is 0 Å². The summed E-state index contributed by atoms with van der Waals surface area (Å²) in [5, 5.41) is 0.681. The number of rotatable bonds is 4. The number of halogens is 1. The molecule has 0 fully saturated rings. The second kappa shape index (κ2) is 8.25. The zero-order valence-corrected chi connectivity index (χ0v) is 14.2. The van der Waals surface area contributed by atoms with E-state index >= 15 is 0 Å². The third kappa shape index (κ3) is 4.79. The number of amidine groups is 1. The van der Waals surface area contributed by atoms with Crippen LogP contribution < -0.4 is 0 Å². The first-order valence-corrected chi connectivity index (χ1v) is 8.17. The minimum absolute atomic E-state index is 0.106. The van der Waals surface area contributed by atoms with E-state index in [1.54, 1.807) is 6.21 Å². The van der Waals surface area contributed by atoms with Crippen LogP contribution in [0.4, 0.5) is 5.69 Å². The van der Waals surface area contributed by atoms with E-state index in [9.17, 15) is 0 Å². The molecule has 0 N–H and O–H groups in total. The topological polar surface area (TPSA) is 34.0 Å². The third-order valence-corrected chi connectivity index (χ3v) is 3.97. The van der Waals surface area contributed by atoms with E-state index in [1.807, 2.05) is 25.1 Å². The van der Waals surface area contributed by atoms with Crippen LogP contribution in [-0.2, 0) is 4.74 Å². The van der Waals surface area contributed by atoms with E-state index in [0.29, 0.717) is 17.6 Å². The van der Waals surface area contributed by atoms with Gasteiger partial charge in [0.05, 0.1) is 16.8 Å². The highest BCUT2D eigenvalue weighted by atomic mass is 35.5. The molecule has 0 spiro atoms. The predicted octanol–water partition coefficient (Wildman–Crippen LogP) is 5.44. The van der Waals surface area contributed by atoms with Crippen LogP contribution in [0.2, 0.25) is 0 Å². The maximum atomic E-state index is 6.04. The smallest absolute Gasteiger partial charge is 0.131 e. The number of hydrogen-bond acceptors (Lipinski definition) is 2. The maximum absolute atomic E-state index is 6.04. The molecule has 1 aliphatic heterocycles. The van der Waals surface area contributed by atoms with Gasteiger partial charge in [-0.15, -0.1) is 0 Å². The molecule has 4 heteroatoms. The molecule has 1 aromatic rings. The van der Waals surface area contributed by atoms with Crippen molar-refractivity contribution in [3.05, 3.63) is 40.9 Å². The quantitative estimate of drug-likeness (QED) is 0.728. The van der Waals surface area contributed by atoms with Gasteiger partial charge in [0.15, 0.2) is 0 Å². The number of hydrogen-bond donors (Lipinski definition) is 0. The molecule has 22 heavy (non-hydrogen) atoms. The summed E-state index contributed by atoms with van der Waals surface area (Å²) in [5.74, 6) is 1.15. The predicted molar refractivity (Wildman–Crippen MR) is 94.4 cm³/mol. The molecule has 2 unspecified atom stereocenters. The first-order valence-electron chi connectivity index (χ1n) is 7.80. The lowest BCUT2D eigenvalue weighted by molar-refractivity contribution is 0.0764. The van der Waals surface area contributed by atoms with Gasteiger partial charge in [0.2, 0.25) is 0 Å². The highest BCUT2D eigenvalue weighted by Gasteiger charge is 2.11. The van der Waals surface area contributed by atoms with Gasteiger partial charge in [0.1, 0.15) is 5.84 Å². The second-order valence-corrected chi connectivity index (χ2v) is 5.92. The summed E-state index contributed by atoms with van der Waals surface area (Å²) >= 11 is 6.04. The Morgan fingerprint density at radius 1 is 1.36 bits per heavy atom. The highest BCUT2D eigenvalue weighted by molar-refractivity contribution is 6.39. The van der Waals surface area contributed by atoms with Crippen molar-refractivity contribution in [2.24, 2.45) is 15.9 Å². The van der Waals surface area contributed by atoms with E-state index in [0.717, 1.165) is 29.9 Å². The van der Waals surface area contributed by atoms with Gasteiger partial charge in [0.25, 0.3) is 0 Å². The summed E-state index contributed by atoms with van der Waals surface area (Å²) in [6.45, 7) is 6.92. The molecule has 0 radical (unpaired) electrons. The monoisotopic (exact) mass is 318 g/mol. The average Bonchev–Trinajstić information content (AvgIpc) is 2.50. The molecule has 1 aliphatic rings. The van der Waals surface area contributed by atoms with Crippen molar-refractivity contribution in [2.45, 2.75) is 39.7 Å². The first-order chi connectivity index (χ1) is 10.6. The van der Waals surface area contributed by atoms with Gasteiger partial charge in [-0.05, 0) is 44.4 Å². The minimum Gasteiger partial charge on any atom is -0.374 e. The van der Waals surface area contributed by atoms with Crippen LogP contribution in [0.1, 0.15) is 45.3 Å². The average molecular weight is 319 g/mol. The van der Waals surface area contributed by atoms with Crippen LogP contribution in [-0.4, -0.2) is 18.7 Å². The number of allylic oxidation sites excluding steroid dienone is 2. The molecule has 3 nitrogen and oxygen atoms in total. The number of benzene rings is 1. The third-order valence-electron chi connectivity index (χ3n) is 3.72. The fraction of sp³-hybridized carbons (Fsp3) is 0.444. The largest absolute Gasteiger partial charge is 0.374 e. The molecule has 0 aliphatic carbocycles. The van der Waals surface area contributed by atoms with Crippen LogP contribution in [0.15, 0.2) is 45.4 Å². The van der Waals surface area contributed by atoms with Gasteiger partial charge in [0, 0.05) is 18.7 Å². The molecule has 0 saturated heterocycles. The number of aliphatic imine (C=N–C) groups is 2. The van der Waals surface area contributed by atoms with E-state index in [1.165, 1.54) is 0 Å². The SMILES string of the molecule is CCOC(C)c1ccc(N=C2N=C/C(Cl)=C\CCC2C)cc1. The summed E-state index contributed by atoms with van der Waals surface area (Å²) in [4.78, 5) is 9.10. The summed E-state index contributed by atoms with van der Waals surface area (Å²) < 4.78 is 5.60. The molecule has 118 valence electrons. The molecule has 1 aromatic carbocycles. The van der Waals surface area contributed by atoms with Crippen LogP contribution >= 0.6 is 11.6 Å². The van der Waals surface area contributed by atoms with Gasteiger partial charge < -0.3 is 4.74 Å². The Hall–Kier alpha value is -1.45. The van der Waals surface area contributed by atoms with Crippen molar-refractivity contribution < 1.29 is 4.74 Å². The zero-order chi connectivity index (χ0) is 15.9. The fourth-order valence-corrected chi connectivity index (χ4v) is 2.50. The molecule has 1 heterocycles. The Labute approximate surface area is 137 Å². The van der Waals surface area contributed by atoms with Crippen molar-refractivity contribution in [1.29, 1.82) is 0 Å². The summed E-state index contributed by atoms with van der Waals surface area (Å²) in [5.41, 5.74) is 2.07. The summed E-state index contributed by atoms with van der Waals surface area (Å²) in [6, 6.07) is 8.14. The Kier molecular flexibility index (Phi) is 6.34.